The van der Waals surface area contributed by atoms with Crippen LogP contribution in [0.2, 0.25) is 0 Å². The molecule has 0 amide bonds. The van der Waals surface area contributed by atoms with Gasteiger partial charge in [0.15, 0.2) is 0 Å². The molecular weight excluding hydrogens is 238 g/mol. The molecule has 0 unspecified atom stereocenters. The lowest BCUT2D eigenvalue weighted by molar-refractivity contribution is -0.144. The molecule has 1 rings (SSSR count). The summed E-state index contributed by atoms with van der Waals surface area (Å²) in [6.45, 7) is 2.41. The maximum absolute atomic E-state index is 11.9. The molecule has 0 saturated heterocycles. The van der Waals surface area contributed by atoms with Gasteiger partial charge in [0, 0.05) is 32.7 Å². The minimum Gasteiger partial charge on any atom is -0.461 e. The number of carbonyl (C=O) groups is 2. The highest BCUT2D eigenvalue weighted by Crippen LogP contribution is 2.07. The number of aryl methyl sites for hydroxylation is 1. The Hall–Kier alpha value is -2.11. The van der Waals surface area contributed by atoms with Crippen LogP contribution in [0.15, 0.2) is 17.1 Å². The number of esters is 2. The zero-order valence-corrected chi connectivity index (χ0v) is 10.6. The summed E-state index contributed by atoms with van der Waals surface area (Å²) in [4.78, 5) is 33.4. The van der Waals surface area contributed by atoms with Gasteiger partial charge in [-0.25, -0.2) is 0 Å². The molecule has 6 nitrogen and oxygen atoms in total. The third-order valence-electron chi connectivity index (χ3n) is 2.32. The lowest BCUT2D eigenvalue weighted by atomic mass is 10.1. The average molecular weight is 253 g/mol. The SMILES string of the molecule is CC(=O)OCc1ccn(C)c(=O)c1COC(C)=O. The number of ether oxygens (including phenoxy) is 2. The van der Waals surface area contributed by atoms with Crippen molar-refractivity contribution < 1.29 is 19.1 Å². The third kappa shape index (κ3) is 3.73. The average Bonchev–Trinajstić information content (AvgIpc) is 2.29. The summed E-state index contributed by atoms with van der Waals surface area (Å²) in [6.07, 6.45) is 1.57. The smallest absolute Gasteiger partial charge is 0.302 e. The van der Waals surface area contributed by atoms with Crippen LogP contribution < -0.4 is 5.56 Å². The summed E-state index contributed by atoms with van der Waals surface area (Å²) in [6, 6.07) is 1.66. The van der Waals surface area contributed by atoms with Gasteiger partial charge in [-0.15, -0.1) is 0 Å². The van der Waals surface area contributed by atoms with E-state index in [-0.39, 0.29) is 18.8 Å². The van der Waals surface area contributed by atoms with E-state index in [0.29, 0.717) is 11.1 Å². The highest BCUT2D eigenvalue weighted by atomic mass is 16.5. The first-order valence-corrected chi connectivity index (χ1v) is 5.36. The van der Waals surface area contributed by atoms with Crippen LogP contribution in [-0.4, -0.2) is 16.5 Å². The molecule has 0 fully saturated rings. The number of hydrogen-bond donors (Lipinski definition) is 0. The van der Waals surface area contributed by atoms with Crippen molar-refractivity contribution >= 4 is 11.9 Å². The second kappa shape index (κ2) is 6.00. The van der Waals surface area contributed by atoms with E-state index in [1.807, 2.05) is 0 Å². The van der Waals surface area contributed by atoms with Crippen LogP contribution in [0, 0.1) is 0 Å². The molecule has 0 bridgehead atoms. The fraction of sp³-hybridized carbons (Fsp3) is 0.417. The zero-order chi connectivity index (χ0) is 13.7. The van der Waals surface area contributed by atoms with E-state index >= 15 is 0 Å². The normalized spacial score (nSPS) is 9.94. The van der Waals surface area contributed by atoms with Crippen molar-refractivity contribution in [2.24, 2.45) is 7.05 Å². The molecule has 98 valence electrons. The van der Waals surface area contributed by atoms with Crippen molar-refractivity contribution in [2.45, 2.75) is 27.1 Å². The summed E-state index contributed by atoms with van der Waals surface area (Å²) in [5.74, 6) is -0.909. The van der Waals surface area contributed by atoms with Gasteiger partial charge in [0.2, 0.25) is 0 Å². The van der Waals surface area contributed by atoms with Gasteiger partial charge in [0.1, 0.15) is 13.2 Å². The summed E-state index contributed by atoms with van der Waals surface area (Å²) in [5.41, 5.74) is 0.576. The predicted octanol–water partition coefficient (Wildman–Crippen LogP) is 0.512. The van der Waals surface area contributed by atoms with Crippen molar-refractivity contribution in [3.63, 3.8) is 0 Å². The lowest BCUT2D eigenvalue weighted by Crippen LogP contribution is -2.24. The maximum Gasteiger partial charge on any atom is 0.302 e. The highest BCUT2D eigenvalue weighted by molar-refractivity contribution is 5.66. The first-order chi connectivity index (χ1) is 8.41. The van der Waals surface area contributed by atoms with Crippen LogP contribution >= 0.6 is 0 Å². The number of rotatable bonds is 4. The van der Waals surface area contributed by atoms with E-state index < -0.39 is 11.9 Å². The Morgan fingerprint density at radius 1 is 1.17 bits per heavy atom. The van der Waals surface area contributed by atoms with Crippen molar-refractivity contribution in [3.05, 3.63) is 33.7 Å². The predicted molar refractivity (Wildman–Crippen MR) is 62.6 cm³/mol. The topological polar surface area (TPSA) is 74.6 Å². The van der Waals surface area contributed by atoms with E-state index in [0.717, 1.165) is 0 Å². The molecule has 1 aromatic heterocycles. The molecule has 0 atom stereocenters. The second-order valence-corrected chi connectivity index (χ2v) is 3.80. The quantitative estimate of drug-likeness (QED) is 0.731. The van der Waals surface area contributed by atoms with E-state index in [9.17, 15) is 14.4 Å². The van der Waals surface area contributed by atoms with Crippen LogP contribution in [0.3, 0.4) is 0 Å². The molecule has 0 aliphatic heterocycles. The first-order valence-electron chi connectivity index (χ1n) is 5.36. The third-order valence-corrected chi connectivity index (χ3v) is 2.32. The summed E-state index contributed by atoms with van der Waals surface area (Å²) in [5, 5.41) is 0. The Morgan fingerprint density at radius 3 is 2.28 bits per heavy atom. The van der Waals surface area contributed by atoms with Crippen molar-refractivity contribution in [3.8, 4) is 0 Å². The van der Waals surface area contributed by atoms with Crippen LogP contribution in [0.4, 0.5) is 0 Å². The molecule has 0 N–H and O–H groups in total. The van der Waals surface area contributed by atoms with E-state index in [1.54, 1.807) is 19.3 Å². The molecule has 6 heteroatoms. The van der Waals surface area contributed by atoms with Gasteiger partial charge < -0.3 is 14.0 Å². The molecule has 0 saturated carbocycles. The van der Waals surface area contributed by atoms with Crippen molar-refractivity contribution in [2.75, 3.05) is 0 Å². The molecule has 0 radical (unpaired) electrons. The summed E-state index contributed by atoms with van der Waals surface area (Å²) in [7, 11) is 1.59. The molecule has 18 heavy (non-hydrogen) atoms. The van der Waals surface area contributed by atoms with Gasteiger partial charge in [-0.2, -0.15) is 0 Å². The van der Waals surface area contributed by atoms with Gasteiger partial charge in [0.25, 0.3) is 5.56 Å². The maximum atomic E-state index is 11.9. The van der Waals surface area contributed by atoms with Gasteiger partial charge in [-0.3, -0.25) is 14.4 Å². The van der Waals surface area contributed by atoms with E-state index in [1.165, 1.54) is 18.4 Å². The van der Waals surface area contributed by atoms with Gasteiger partial charge in [-0.1, -0.05) is 0 Å². The monoisotopic (exact) mass is 253 g/mol. The minimum absolute atomic E-state index is 0.0119. The molecule has 1 aromatic rings. The molecule has 0 aliphatic rings. The largest absolute Gasteiger partial charge is 0.461 e. The number of nitrogens with zero attached hydrogens (tertiary/aromatic N) is 1. The Balaban J connectivity index is 3.01. The fourth-order valence-corrected chi connectivity index (χ4v) is 1.36. The van der Waals surface area contributed by atoms with E-state index in [2.05, 4.69) is 0 Å². The van der Waals surface area contributed by atoms with Gasteiger partial charge in [0.05, 0.1) is 5.56 Å². The van der Waals surface area contributed by atoms with E-state index in [4.69, 9.17) is 9.47 Å². The van der Waals surface area contributed by atoms with Crippen molar-refractivity contribution in [1.29, 1.82) is 0 Å². The lowest BCUT2D eigenvalue weighted by Gasteiger charge is -2.10. The molecule has 0 spiro atoms. The van der Waals surface area contributed by atoms with Crippen LogP contribution in [0.1, 0.15) is 25.0 Å². The van der Waals surface area contributed by atoms with Gasteiger partial charge in [-0.05, 0) is 6.07 Å². The van der Waals surface area contributed by atoms with Crippen LogP contribution in [0.5, 0.6) is 0 Å². The van der Waals surface area contributed by atoms with Crippen LogP contribution in [-0.2, 0) is 39.3 Å². The fourth-order valence-electron chi connectivity index (χ4n) is 1.36. The van der Waals surface area contributed by atoms with Crippen molar-refractivity contribution in [1.82, 2.24) is 4.57 Å². The second-order valence-electron chi connectivity index (χ2n) is 3.80. The highest BCUT2D eigenvalue weighted by Gasteiger charge is 2.11. The molecule has 0 aliphatic carbocycles. The Kier molecular flexibility index (Phi) is 4.65. The first kappa shape index (κ1) is 14.0. The van der Waals surface area contributed by atoms with Gasteiger partial charge >= 0.3 is 11.9 Å². The summed E-state index contributed by atoms with van der Waals surface area (Å²) < 4.78 is 11.0. The Morgan fingerprint density at radius 2 is 1.72 bits per heavy atom. The number of pyridine rings is 1. The Labute approximate surface area is 104 Å². The number of aromatic nitrogens is 1. The summed E-state index contributed by atoms with van der Waals surface area (Å²) >= 11 is 0. The van der Waals surface area contributed by atoms with Crippen LogP contribution in [0.25, 0.3) is 0 Å². The molecular formula is C12H15NO5. The molecule has 0 aromatic carbocycles. The zero-order valence-electron chi connectivity index (χ0n) is 10.6. The Bertz CT molecular complexity index is 518. The number of hydrogen-bond acceptors (Lipinski definition) is 5. The minimum atomic E-state index is -0.473. The number of carbonyl (C=O) groups excluding carboxylic acids is 2. The molecule has 1 heterocycles. The standard InChI is InChI=1S/C12H15NO5/c1-8(14)17-6-10-4-5-13(3)12(16)11(10)7-18-9(2)15/h4-5H,6-7H2,1-3H3.